The minimum absolute atomic E-state index is 0.150. The maximum Gasteiger partial charge on any atom is 0.274 e. The maximum atomic E-state index is 12.7. The van der Waals surface area contributed by atoms with Crippen molar-refractivity contribution >= 4 is 34.1 Å². The molecule has 2 N–H and O–H groups in total. The SMILES string of the molecule is CCc1ccc(NC(=O)c2ccnc(C(=O)Nc3cccc4cccnc34)c2)cc1. The summed E-state index contributed by atoms with van der Waals surface area (Å²) in [6.45, 7) is 2.07. The number of rotatable bonds is 5. The lowest BCUT2D eigenvalue weighted by Gasteiger charge is -2.09. The van der Waals surface area contributed by atoms with Gasteiger partial charge >= 0.3 is 0 Å². The number of para-hydroxylation sites is 1. The zero-order valence-electron chi connectivity index (χ0n) is 16.4. The molecule has 0 aliphatic heterocycles. The van der Waals surface area contributed by atoms with Gasteiger partial charge < -0.3 is 10.6 Å². The number of aromatic nitrogens is 2. The average molecular weight is 396 g/mol. The van der Waals surface area contributed by atoms with Crippen LogP contribution in [0.5, 0.6) is 0 Å². The summed E-state index contributed by atoms with van der Waals surface area (Å²) < 4.78 is 0. The second-order valence-electron chi connectivity index (χ2n) is 6.77. The quantitative estimate of drug-likeness (QED) is 0.512. The minimum atomic E-state index is -0.407. The van der Waals surface area contributed by atoms with E-state index in [-0.39, 0.29) is 11.6 Å². The van der Waals surface area contributed by atoms with Crippen molar-refractivity contribution in [1.29, 1.82) is 0 Å². The van der Waals surface area contributed by atoms with Crippen molar-refractivity contribution in [3.05, 3.63) is 95.9 Å². The second-order valence-corrected chi connectivity index (χ2v) is 6.77. The van der Waals surface area contributed by atoms with Gasteiger partial charge in [0.15, 0.2) is 0 Å². The van der Waals surface area contributed by atoms with Crippen LogP contribution in [0.1, 0.15) is 33.3 Å². The van der Waals surface area contributed by atoms with Gasteiger partial charge in [0, 0.05) is 29.0 Å². The van der Waals surface area contributed by atoms with Gasteiger partial charge in [-0.15, -0.1) is 0 Å². The summed E-state index contributed by atoms with van der Waals surface area (Å²) in [6.07, 6.45) is 4.06. The van der Waals surface area contributed by atoms with Crippen LogP contribution in [0, 0.1) is 0 Å². The highest BCUT2D eigenvalue weighted by molar-refractivity contribution is 6.09. The molecule has 0 radical (unpaired) electrons. The Morgan fingerprint density at radius 2 is 1.63 bits per heavy atom. The number of amides is 2. The molecule has 4 aromatic rings. The summed E-state index contributed by atoms with van der Waals surface area (Å²) in [4.78, 5) is 33.8. The van der Waals surface area contributed by atoms with Crippen LogP contribution in [-0.2, 0) is 6.42 Å². The number of aryl methyl sites for hydroxylation is 1. The van der Waals surface area contributed by atoms with Crippen molar-refractivity contribution < 1.29 is 9.59 Å². The van der Waals surface area contributed by atoms with Crippen molar-refractivity contribution in [2.45, 2.75) is 13.3 Å². The topological polar surface area (TPSA) is 84.0 Å². The molecule has 2 amide bonds. The minimum Gasteiger partial charge on any atom is -0.322 e. The Labute approximate surface area is 174 Å². The summed E-state index contributed by atoms with van der Waals surface area (Å²) in [5.41, 5.74) is 3.67. The molecule has 2 aromatic heterocycles. The Kier molecular flexibility index (Phi) is 5.48. The molecule has 2 aromatic carbocycles. The average Bonchev–Trinajstić information content (AvgIpc) is 2.80. The smallest absolute Gasteiger partial charge is 0.274 e. The number of benzene rings is 2. The van der Waals surface area contributed by atoms with E-state index >= 15 is 0 Å². The van der Waals surface area contributed by atoms with E-state index in [4.69, 9.17) is 0 Å². The molecule has 148 valence electrons. The van der Waals surface area contributed by atoms with E-state index in [9.17, 15) is 9.59 Å². The number of carbonyl (C=O) groups excluding carboxylic acids is 2. The van der Waals surface area contributed by atoms with E-state index in [1.807, 2.05) is 48.5 Å². The molecule has 2 heterocycles. The lowest BCUT2D eigenvalue weighted by molar-refractivity contribution is 0.102. The number of pyridine rings is 2. The third kappa shape index (κ3) is 4.17. The number of hydrogen-bond acceptors (Lipinski definition) is 4. The first kappa shape index (κ1) is 19.3. The van der Waals surface area contributed by atoms with Crippen LogP contribution in [0.25, 0.3) is 10.9 Å². The first-order chi connectivity index (χ1) is 14.6. The van der Waals surface area contributed by atoms with E-state index in [1.54, 1.807) is 18.3 Å². The highest BCUT2D eigenvalue weighted by Crippen LogP contribution is 2.21. The number of nitrogens with one attached hydrogen (secondary N) is 2. The molecule has 0 fully saturated rings. The summed E-state index contributed by atoms with van der Waals surface area (Å²) >= 11 is 0. The van der Waals surface area contributed by atoms with E-state index in [0.29, 0.717) is 22.5 Å². The fourth-order valence-electron chi connectivity index (χ4n) is 3.11. The normalized spacial score (nSPS) is 10.6. The van der Waals surface area contributed by atoms with E-state index in [2.05, 4.69) is 27.5 Å². The molecular weight excluding hydrogens is 376 g/mol. The Balaban J connectivity index is 1.52. The highest BCUT2D eigenvalue weighted by Gasteiger charge is 2.14. The van der Waals surface area contributed by atoms with Gasteiger partial charge in [-0.2, -0.15) is 0 Å². The van der Waals surface area contributed by atoms with Gasteiger partial charge in [0.1, 0.15) is 5.69 Å². The number of anilines is 2. The van der Waals surface area contributed by atoms with Crippen LogP contribution in [0.3, 0.4) is 0 Å². The molecule has 0 bridgehead atoms. The Morgan fingerprint density at radius 1 is 0.833 bits per heavy atom. The van der Waals surface area contributed by atoms with Crippen molar-refractivity contribution in [1.82, 2.24) is 9.97 Å². The largest absolute Gasteiger partial charge is 0.322 e. The lowest BCUT2D eigenvalue weighted by Crippen LogP contribution is -2.17. The van der Waals surface area contributed by atoms with E-state index in [1.165, 1.54) is 17.8 Å². The van der Waals surface area contributed by atoms with Gasteiger partial charge in [-0.3, -0.25) is 19.6 Å². The third-order valence-corrected chi connectivity index (χ3v) is 4.76. The van der Waals surface area contributed by atoms with Gasteiger partial charge in [-0.05, 0) is 48.4 Å². The molecule has 0 unspecified atom stereocenters. The summed E-state index contributed by atoms with van der Waals surface area (Å²) in [6, 6.07) is 20.0. The van der Waals surface area contributed by atoms with Crippen molar-refractivity contribution in [3.63, 3.8) is 0 Å². The zero-order chi connectivity index (χ0) is 20.9. The van der Waals surface area contributed by atoms with Gasteiger partial charge in [0.05, 0.1) is 11.2 Å². The molecule has 0 atom stereocenters. The zero-order valence-corrected chi connectivity index (χ0v) is 16.4. The predicted molar refractivity (Wildman–Crippen MR) is 118 cm³/mol. The third-order valence-electron chi connectivity index (χ3n) is 4.76. The molecule has 0 aliphatic carbocycles. The number of hydrogen-bond donors (Lipinski definition) is 2. The highest BCUT2D eigenvalue weighted by atomic mass is 16.2. The van der Waals surface area contributed by atoms with Gasteiger partial charge in [0.2, 0.25) is 0 Å². The van der Waals surface area contributed by atoms with Crippen LogP contribution in [0.2, 0.25) is 0 Å². The Morgan fingerprint density at radius 3 is 2.43 bits per heavy atom. The molecule has 30 heavy (non-hydrogen) atoms. The standard InChI is InChI=1S/C24H20N4O2/c1-2-16-8-10-19(11-9-16)27-23(29)18-12-14-25-21(15-18)24(30)28-20-7-3-5-17-6-4-13-26-22(17)20/h3-15H,2H2,1H3,(H,27,29)(H,28,30). The van der Waals surface area contributed by atoms with Crippen LogP contribution < -0.4 is 10.6 Å². The van der Waals surface area contributed by atoms with Gasteiger partial charge in [0.25, 0.3) is 11.8 Å². The van der Waals surface area contributed by atoms with Crippen LogP contribution >= 0.6 is 0 Å². The number of fused-ring (bicyclic) bond motifs is 1. The van der Waals surface area contributed by atoms with Crippen molar-refractivity contribution in [2.75, 3.05) is 10.6 Å². The maximum absolute atomic E-state index is 12.7. The fourth-order valence-corrected chi connectivity index (χ4v) is 3.11. The lowest BCUT2D eigenvalue weighted by atomic mass is 10.1. The van der Waals surface area contributed by atoms with Crippen LogP contribution in [0.15, 0.2) is 79.1 Å². The molecule has 0 aliphatic rings. The van der Waals surface area contributed by atoms with Gasteiger partial charge in [-0.1, -0.05) is 37.3 Å². The summed E-state index contributed by atoms with van der Waals surface area (Å²) in [5, 5.41) is 6.60. The molecule has 6 nitrogen and oxygen atoms in total. The molecule has 4 rings (SSSR count). The summed E-state index contributed by atoms with van der Waals surface area (Å²) in [5.74, 6) is -0.711. The summed E-state index contributed by atoms with van der Waals surface area (Å²) in [7, 11) is 0. The second kappa shape index (κ2) is 8.53. The fraction of sp³-hybridized carbons (Fsp3) is 0.0833. The van der Waals surface area contributed by atoms with Crippen molar-refractivity contribution in [3.8, 4) is 0 Å². The Bertz CT molecular complexity index is 1210. The number of nitrogens with zero attached hydrogens (tertiary/aromatic N) is 2. The van der Waals surface area contributed by atoms with Gasteiger partial charge in [-0.25, -0.2) is 0 Å². The van der Waals surface area contributed by atoms with Crippen LogP contribution in [0.4, 0.5) is 11.4 Å². The molecule has 0 saturated heterocycles. The van der Waals surface area contributed by atoms with E-state index < -0.39 is 5.91 Å². The first-order valence-electron chi connectivity index (χ1n) is 9.65. The molecule has 0 spiro atoms. The van der Waals surface area contributed by atoms with Crippen LogP contribution in [-0.4, -0.2) is 21.8 Å². The Hall–Kier alpha value is -4.06. The first-order valence-corrected chi connectivity index (χ1v) is 9.65. The molecular formula is C24H20N4O2. The predicted octanol–water partition coefficient (Wildman–Crippen LogP) is 4.70. The monoisotopic (exact) mass is 396 g/mol. The number of carbonyl (C=O) groups is 2. The molecule has 0 saturated carbocycles. The molecule has 6 heteroatoms. The van der Waals surface area contributed by atoms with E-state index in [0.717, 1.165) is 11.8 Å². The van der Waals surface area contributed by atoms with Crippen molar-refractivity contribution in [2.24, 2.45) is 0 Å².